The van der Waals surface area contributed by atoms with Crippen LogP contribution in [0.25, 0.3) is 0 Å². The molecule has 0 saturated heterocycles. The first-order valence-electron chi connectivity index (χ1n) is 7.61. The van der Waals surface area contributed by atoms with Crippen LogP contribution < -0.4 is 5.32 Å². The van der Waals surface area contributed by atoms with E-state index in [2.05, 4.69) is 5.32 Å². The molecule has 0 unspecified atom stereocenters. The fourth-order valence-electron chi connectivity index (χ4n) is 2.40. The van der Waals surface area contributed by atoms with Gasteiger partial charge in [0.15, 0.2) is 5.78 Å². The summed E-state index contributed by atoms with van der Waals surface area (Å²) in [5, 5.41) is 3.46. The highest BCUT2D eigenvalue weighted by molar-refractivity contribution is 6.31. The van der Waals surface area contributed by atoms with E-state index >= 15 is 0 Å². The average molecular weight is 388 g/mol. The second-order valence-electron chi connectivity index (χ2n) is 5.46. The van der Waals surface area contributed by atoms with Crippen molar-refractivity contribution in [2.24, 2.45) is 0 Å². The monoisotopic (exact) mass is 387 g/mol. The zero-order valence-electron chi connectivity index (χ0n) is 13.3. The van der Waals surface area contributed by atoms with Gasteiger partial charge < -0.3 is 5.32 Å². The highest BCUT2D eigenvalue weighted by atomic mass is 35.5. The number of benzene rings is 3. The summed E-state index contributed by atoms with van der Waals surface area (Å²) in [5.41, 5.74) is 0.609. The number of rotatable bonds is 4. The molecule has 6 heteroatoms. The van der Waals surface area contributed by atoms with Crippen molar-refractivity contribution >= 4 is 40.6 Å². The molecule has 3 nitrogen and oxygen atoms in total. The standard InChI is InChI=1S/C20H12Cl2FNO2/c21-13-7-5-12(6-8-13)20(26)24-18-10-9-14(22)11-16(18)19(25)15-3-1-2-4-17(15)23/h1-11H,(H,24,26). The Morgan fingerprint density at radius 2 is 1.46 bits per heavy atom. The largest absolute Gasteiger partial charge is 0.321 e. The molecule has 1 N–H and O–H groups in total. The lowest BCUT2D eigenvalue weighted by molar-refractivity contribution is 0.102. The Kier molecular flexibility index (Phi) is 5.35. The van der Waals surface area contributed by atoms with Gasteiger partial charge in [0.05, 0.1) is 11.3 Å². The van der Waals surface area contributed by atoms with E-state index in [-0.39, 0.29) is 16.8 Å². The van der Waals surface area contributed by atoms with Gasteiger partial charge >= 0.3 is 0 Å². The number of ketones is 1. The third-order valence-electron chi connectivity index (χ3n) is 3.70. The predicted molar refractivity (Wildman–Crippen MR) is 101 cm³/mol. The molecule has 3 aromatic rings. The van der Waals surface area contributed by atoms with Gasteiger partial charge in [0.25, 0.3) is 5.91 Å². The molecule has 26 heavy (non-hydrogen) atoms. The van der Waals surface area contributed by atoms with E-state index in [0.29, 0.717) is 15.6 Å². The molecule has 0 radical (unpaired) electrons. The van der Waals surface area contributed by atoms with Crippen molar-refractivity contribution in [1.29, 1.82) is 0 Å². The van der Waals surface area contributed by atoms with E-state index in [1.807, 2.05) is 0 Å². The van der Waals surface area contributed by atoms with Crippen LogP contribution in [0.5, 0.6) is 0 Å². The first-order chi connectivity index (χ1) is 12.5. The van der Waals surface area contributed by atoms with Crippen LogP contribution in [0, 0.1) is 5.82 Å². The van der Waals surface area contributed by atoms with E-state index in [1.165, 1.54) is 36.4 Å². The normalized spacial score (nSPS) is 10.4. The van der Waals surface area contributed by atoms with Gasteiger partial charge in [-0.25, -0.2) is 4.39 Å². The fraction of sp³-hybridized carbons (Fsp3) is 0. The maximum Gasteiger partial charge on any atom is 0.255 e. The Labute approximate surface area is 159 Å². The van der Waals surface area contributed by atoms with Crippen LogP contribution in [0.2, 0.25) is 10.0 Å². The SMILES string of the molecule is O=C(Nc1ccc(Cl)cc1C(=O)c1ccccc1F)c1ccc(Cl)cc1. The van der Waals surface area contributed by atoms with Gasteiger partial charge in [-0.05, 0) is 54.6 Å². The smallest absolute Gasteiger partial charge is 0.255 e. The topological polar surface area (TPSA) is 46.2 Å². The number of nitrogens with one attached hydrogen (secondary N) is 1. The third-order valence-corrected chi connectivity index (χ3v) is 4.19. The summed E-state index contributed by atoms with van der Waals surface area (Å²) in [4.78, 5) is 25.2. The van der Waals surface area contributed by atoms with Crippen LogP contribution in [-0.2, 0) is 0 Å². The van der Waals surface area contributed by atoms with E-state index in [4.69, 9.17) is 23.2 Å². The minimum absolute atomic E-state index is 0.100. The van der Waals surface area contributed by atoms with Gasteiger partial charge in [-0.15, -0.1) is 0 Å². The molecule has 3 rings (SSSR count). The van der Waals surface area contributed by atoms with Crippen molar-refractivity contribution in [2.75, 3.05) is 5.32 Å². The summed E-state index contributed by atoms with van der Waals surface area (Å²) < 4.78 is 14.0. The molecule has 1 amide bonds. The molecule has 0 aliphatic carbocycles. The summed E-state index contributed by atoms with van der Waals surface area (Å²) in [5.74, 6) is -1.64. The number of carbonyl (C=O) groups is 2. The first-order valence-corrected chi connectivity index (χ1v) is 8.37. The van der Waals surface area contributed by atoms with Crippen molar-refractivity contribution in [3.05, 3.63) is 99.3 Å². The number of carbonyl (C=O) groups excluding carboxylic acids is 2. The highest BCUT2D eigenvalue weighted by Crippen LogP contribution is 2.25. The second kappa shape index (κ2) is 7.68. The summed E-state index contributed by atoms with van der Waals surface area (Å²) >= 11 is 11.8. The predicted octanol–water partition coefficient (Wildman–Crippen LogP) is 5.62. The Morgan fingerprint density at radius 3 is 2.15 bits per heavy atom. The van der Waals surface area contributed by atoms with Crippen molar-refractivity contribution in [3.8, 4) is 0 Å². The second-order valence-corrected chi connectivity index (χ2v) is 6.33. The zero-order valence-corrected chi connectivity index (χ0v) is 14.8. The lowest BCUT2D eigenvalue weighted by Gasteiger charge is -2.12. The summed E-state index contributed by atoms with van der Waals surface area (Å²) in [7, 11) is 0. The molecule has 0 aromatic heterocycles. The lowest BCUT2D eigenvalue weighted by Crippen LogP contribution is -2.15. The molecule has 0 bridgehead atoms. The quantitative estimate of drug-likeness (QED) is 0.590. The Hall–Kier alpha value is -2.69. The number of hydrogen-bond donors (Lipinski definition) is 1. The first kappa shape index (κ1) is 18.1. The van der Waals surface area contributed by atoms with Crippen LogP contribution in [0.15, 0.2) is 66.7 Å². The van der Waals surface area contributed by atoms with E-state index in [1.54, 1.807) is 30.3 Å². The van der Waals surface area contributed by atoms with Gasteiger partial charge in [-0.2, -0.15) is 0 Å². The molecule has 3 aromatic carbocycles. The molecule has 0 aliphatic heterocycles. The molecule has 130 valence electrons. The van der Waals surface area contributed by atoms with Gasteiger partial charge in [0.2, 0.25) is 0 Å². The Morgan fingerprint density at radius 1 is 0.808 bits per heavy atom. The number of anilines is 1. The highest BCUT2D eigenvalue weighted by Gasteiger charge is 2.19. The number of hydrogen-bond acceptors (Lipinski definition) is 2. The molecular formula is C20H12Cl2FNO2. The Balaban J connectivity index is 1.96. The molecule has 0 atom stereocenters. The van der Waals surface area contributed by atoms with Crippen molar-refractivity contribution in [3.63, 3.8) is 0 Å². The molecule has 0 aliphatic rings. The van der Waals surface area contributed by atoms with Gasteiger partial charge in [-0.1, -0.05) is 35.3 Å². The summed E-state index contributed by atoms with van der Waals surface area (Å²) in [6, 6.07) is 16.4. The molecule has 0 saturated carbocycles. The zero-order chi connectivity index (χ0) is 18.7. The molecule has 0 heterocycles. The van der Waals surface area contributed by atoms with Crippen LogP contribution in [0.3, 0.4) is 0 Å². The maximum atomic E-state index is 14.0. The number of amides is 1. The van der Waals surface area contributed by atoms with Crippen LogP contribution in [0.1, 0.15) is 26.3 Å². The van der Waals surface area contributed by atoms with Gasteiger partial charge in [0, 0.05) is 21.2 Å². The Bertz CT molecular complexity index is 987. The lowest BCUT2D eigenvalue weighted by atomic mass is 10.0. The van der Waals surface area contributed by atoms with Crippen LogP contribution in [0.4, 0.5) is 10.1 Å². The van der Waals surface area contributed by atoms with Crippen molar-refractivity contribution in [1.82, 2.24) is 0 Å². The number of halogens is 3. The minimum atomic E-state index is -0.646. The molecule has 0 spiro atoms. The van der Waals surface area contributed by atoms with Crippen LogP contribution in [-0.4, -0.2) is 11.7 Å². The van der Waals surface area contributed by atoms with Crippen LogP contribution >= 0.6 is 23.2 Å². The third kappa shape index (κ3) is 3.93. The maximum absolute atomic E-state index is 14.0. The van der Waals surface area contributed by atoms with E-state index < -0.39 is 17.5 Å². The van der Waals surface area contributed by atoms with E-state index in [9.17, 15) is 14.0 Å². The molecule has 0 fully saturated rings. The van der Waals surface area contributed by atoms with Crippen molar-refractivity contribution in [2.45, 2.75) is 0 Å². The fourth-order valence-corrected chi connectivity index (χ4v) is 2.70. The molecular weight excluding hydrogens is 376 g/mol. The minimum Gasteiger partial charge on any atom is -0.321 e. The van der Waals surface area contributed by atoms with Crippen molar-refractivity contribution < 1.29 is 14.0 Å². The summed E-state index contributed by atoms with van der Waals surface area (Å²) in [6.45, 7) is 0. The average Bonchev–Trinajstić information content (AvgIpc) is 2.63. The van der Waals surface area contributed by atoms with Gasteiger partial charge in [-0.3, -0.25) is 9.59 Å². The van der Waals surface area contributed by atoms with E-state index in [0.717, 1.165) is 0 Å². The van der Waals surface area contributed by atoms with Gasteiger partial charge in [0.1, 0.15) is 5.82 Å². The summed E-state index contributed by atoms with van der Waals surface area (Å²) in [6.07, 6.45) is 0.